The number of carboxylic acid groups (broad SMARTS) is 1. The molecule has 31 heavy (non-hydrogen) atoms. The van der Waals surface area contributed by atoms with E-state index in [2.05, 4.69) is 22.0 Å². The summed E-state index contributed by atoms with van der Waals surface area (Å²) in [5, 5.41) is 13.1. The Bertz CT molecular complexity index is 1080. The highest BCUT2D eigenvalue weighted by molar-refractivity contribution is 5.86. The molecule has 0 aliphatic rings. The van der Waals surface area contributed by atoms with E-state index in [1.807, 2.05) is 60.8 Å². The largest absolute Gasteiger partial charge is 0.480 e. The zero-order valence-corrected chi connectivity index (χ0v) is 18.0. The van der Waals surface area contributed by atoms with Crippen molar-refractivity contribution in [1.29, 1.82) is 0 Å². The molecule has 3 aromatic rings. The average Bonchev–Trinajstić information content (AvgIpc) is 3.04. The van der Waals surface area contributed by atoms with Crippen molar-refractivity contribution in [2.45, 2.75) is 45.4 Å². The maximum absolute atomic E-state index is 12.1. The van der Waals surface area contributed by atoms with E-state index in [4.69, 9.17) is 4.74 Å². The third-order valence-electron chi connectivity index (χ3n) is 4.70. The fraction of sp³-hybridized carbons (Fsp3) is 0.280. The lowest BCUT2D eigenvalue weighted by molar-refractivity contribution is -0.139. The molecule has 1 atom stereocenters. The lowest BCUT2D eigenvalue weighted by Crippen LogP contribution is -2.44. The number of allylic oxidation sites excluding steroid dienone is 1. The van der Waals surface area contributed by atoms with Gasteiger partial charge in [-0.1, -0.05) is 60.7 Å². The molecule has 2 N–H and O–H groups in total. The van der Waals surface area contributed by atoms with Gasteiger partial charge in [-0.2, -0.15) is 0 Å². The molecule has 1 aromatic heterocycles. The number of aliphatic carboxylic acids is 1. The topological polar surface area (TPSA) is 80.6 Å². The van der Waals surface area contributed by atoms with Gasteiger partial charge in [0.2, 0.25) is 0 Å². The highest BCUT2D eigenvalue weighted by Crippen LogP contribution is 2.23. The van der Waals surface area contributed by atoms with Gasteiger partial charge in [0.05, 0.1) is 0 Å². The number of carboxylic acids is 1. The quantitative estimate of drug-likeness (QED) is 0.571. The van der Waals surface area contributed by atoms with Crippen molar-refractivity contribution in [1.82, 2.24) is 9.88 Å². The number of hydrogen-bond donors (Lipinski definition) is 2. The predicted octanol–water partition coefficient (Wildman–Crippen LogP) is 4.88. The van der Waals surface area contributed by atoms with Gasteiger partial charge in [0.25, 0.3) is 0 Å². The van der Waals surface area contributed by atoms with Crippen LogP contribution in [0.4, 0.5) is 4.79 Å². The smallest absolute Gasteiger partial charge is 0.408 e. The molecule has 0 saturated carbocycles. The Kier molecular flexibility index (Phi) is 6.80. The Balaban J connectivity index is 1.80. The van der Waals surface area contributed by atoms with Crippen LogP contribution in [0.1, 0.15) is 31.9 Å². The second-order valence-electron chi connectivity index (χ2n) is 8.38. The van der Waals surface area contributed by atoms with Crippen LogP contribution in [0.5, 0.6) is 0 Å². The zero-order valence-electron chi connectivity index (χ0n) is 18.0. The molecule has 162 valence electrons. The summed E-state index contributed by atoms with van der Waals surface area (Å²) < 4.78 is 7.30. The summed E-state index contributed by atoms with van der Waals surface area (Å²) in [4.78, 5) is 23.9. The van der Waals surface area contributed by atoms with Crippen molar-refractivity contribution in [3.63, 3.8) is 0 Å². The summed E-state index contributed by atoms with van der Waals surface area (Å²) >= 11 is 0. The lowest BCUT2D eigenvalue weighted by atomic mass is 10.1. The van der Waals surface area contributed by atoms with Crippen LogP contribution < -0.4 is 5.32 Å². The highest BCUT2D eigenvalue weighted by atomic mass is 16.6. The second-order valence-corrected chi connectivity index (χ2v) is 8.38. The fourth-order valence-electron chi connectivity index (χ4n) is 3.37. The molecule has 1 amide bonds. The number of rotatable bonds is 7. The summed E-state index contributed by atoms with van der Waals surface area (Å²) in [6, 6.07) is 16.8. The first-order valence-corrected chi connectivity index (χ1v) is 10.2. The maximum Gasteiger partial charge on any atom is 0.408 e. The Morgan fingerprint density at radius 1 is 1.10 bits per heavy atom. The van der Waals surface area contributed by atoms with Gasteiger partial charge in [0.15, 0.2) is 0 Å². The van der Waals surface area contributed by atoms with E-state index in [1.54, 1.807) is 20.8 Å². The van der Waals surface area contributed by atoms with Crippen molar-refractivity contribution >= 4 is 29.0 Å². The number of aromatic nitrogens is 1. The van der Waals surface area contributed by atoms with Gasteiger partial charge in [-0.3, -0.25) is 0 Å². The third-order valence-corrected chi connectivity index (χ3v) is 4.70. The number of ether oxygens (including phenoxy) is 1. The molecule has 0 bridgehead atoms. The number of nitrogens with one attached hydrogen (secondary N) is 1. The number of benzene rings is 2. The predicted molar refractivity (Wildman–Crippen MR) is 122 cm³/mol. The van der Waals surface area contributed by atoms with E-state index in [0.29, 0.717) is 6.54 Å². The molecule has 0 saturated heterocycles. The van der Waals surface area contributed by atoms with Gasteiger partial charge in [0.1, 0.15) is 11.6 Å². The van der Waals surface area contributed by atoms with E-state index < -0.39 is 23.7 Å². The molecule has 3 rings (SSSR count). The lowest BCUT2D eigenvalue weighted by Gasteiger charge is -2.22. The Morgan fingerprint density at radius 3 is 2.45 bits per heavy atom. The Morgan fingerprint density at radius 2 is 1.77 bits per heavy atom. The zero-order chi connectivity index (χ0) is 22.4. The number of hydrogen-bond acceptors (Lipinski definition) is 3. The molecular formula is C25H28N2O4. The highest BCUT2D eigenvalue weighted by Gasteiger charge is 2.25. The minimum Gasteiger partial charge on any atom is -0.480 e. The van der Waals surface area contributed by atoms with Gasteiger partial charge in [-0.15, -0.1) is 0 Å². The Labute approximate surface area is 182 Å². The molecular weight excluding hydrogens is 392 g/mol. The van der Waals surface area contributed by atoms with E-state index in [-0.39, 0.29) is 6.42 Å². The van der Waals surface area contributed by atoms with Gasteiger partial charge in [-0.25, -0.2) is 9.59 Å². The van der Waals surface area contributed by atoms with E-state index in [1.165, 1.54) is 0 Å². The van der Waals surface area contributed by atoms with Crippen LogP contribution in [0.15, 0.2) is 66.9 Å². The molecule has 0 fully saturated rings. The molecule has 1 heterocycles. The summed E-state index contributed by atoms with van der Waals surface area (Å²) in [6.07, 6.45) is 5.49. The van der Waals surface area contributed by atoms with Crippen LogP contribution in [0, 0.1) is 0 Å². The third kappa shape index (κ3) is 6.22. The van der Waals surface area contributed by atoms with Crippen LogP contribution >= 0.6 is 0 Å². The van der Waals surface area contributed by atoms with Gasteiger partial charge >= 0.3 is 12.1 Å². The van der Waals surface area contributed by atoms with Crippen molar-refractivity contribution in [3.05, 3.63) is 78.0 Å². The van der Waals surface area contributed by atoms with Crippen LogP contribution in [-0.2, 0) is 22.5 Å². The normalized spacial score (nSPS) is 12.7. The monoisotopic (exact) mass is 420 g/mol. The SMILES string of the molecule is CC(C)(C)OC(=O)NC(Cc1cn(CC=Cc2ccccc2)c2ccccc12)C(=O)O. The van der Waals surface area contributed by atoms with Crippen LogP contribution in [0.25, 0.3) is 17.0 Å². The number of carbonyl (C=O) groups excluding carboxylic acids is 1. The Hall–Kier alpha value is -3.54. The van der Waals surface area contributed by atoms with E-state index in [0.717, 1.165) is 22.0 Å². The number of alkyl carbamates (subject to hydrolysis) is 1. The minimum atomic E-state index is -1.10. The van der Waals surface area contributed by atoms with Gasteiger partial charge < -0.3 is 19.7 Å². The number of fused-ring (bicyclic) bond motifs is 1. The van der Waals surface area contributed by atoms with Crippen molar-refractivity contribution in [2.24, 2.45) is 0 Å². The average molecular weight is 421 g/mol. The number of amides is 1. The molecule has 0 aliphatic heterocycles. The van der Waals surface area contributed by atoms with E-state index >= 15 is 0 Å². The van der Waals surface area contributed by atoms with Crippen molar-refractivity contribution in [2.75, 3.05) is 0 Å². The summed E-state index contributed by atoms with van der Waals surface area (Å²) in [5.41, 5.74) is 2.28. The van der Waals surface area contributed by atoms with Crippen LogP contribution in [0.2, 0.25) is 0 Å². The second kappa shape index (κ2) is 9.51. The molecule has 2 aromatic carbocycles. The first kappa shape index (κ1) is 22.2. The molecule has 0 radical (unpaired) electrons. The van der Waals surface area contributed by atoms with E-state index in [9.17, 15) is 14.7 Å². The molecule has 6 heteroatoms. The van der Waals surface area contributed by atoms with Crippen LogP contribution in [-0.4, -0.2) is 33.4 Å². The minimum absolute atomic E-state index is 0.157. The first-order chi connectivity index (χ1) is 14.7. The summed E-state index contributed by atoms with van der Waals surface area (Å²) in [7, 11) is 0. The van der Waals surface area contributed by atoms with Gasteiger partial charge in [-0.05, 0) is 38.0 Å². The number of para-hydroxylation sites is 1. The molecule has 0 aliphatic carbocycles. The maximum atomic E-state index is 12.1. The standard InChI is InChI=1S/C25H28N2O4/c1-25(2,3)31-24(30)26-21(23(28)29)16-19-17-27(22-14-8-7-13-20(19)22)15-9-12-18-10-5-4-6-11-18/h4-14,17,21H,15-16H2,1-3H3,(H,26,30)(H,28,29). The first-order valence-electron chi connectivity index (χ1n) is 10.2. The number of carbonyl (C=O) groups is 2. The summed E-state index contributed by atoms with van der Waals surface area (Å²) in [5.74, 6) is -1.10. The molecule has 6 nitrogen and oxygen atoms in total. The summed E-state index contributed by atoms with van der Waals surface area (Å²) in [6.45, 7) is 5.85. The van der Waals surface area contributed by atoms with Crippen molar-refractivity contribution in [3.8, 4) is 0 Å². The van der Waals surface area contributed by atoms with Crippen LogP contribution in [0.3, 0.4) is 0 Å². The fourth-order valence-corrected chi connectivity index (χ4v) is 3.37. The van der Waals surface area contributed by atoms with Gasteiger partial charge in [0, 0.05) is 30.1 Å². The number of nitrogens with zero attached hydrogens (tertiary/aromatic N) is 1. The van der Waals surface area contributed by atoms with Crippen molar-refractivity contribution < 1.29 is 19.4 Å². The molecule has 0 spiro atoms. The molecule has 1 unspecified atom stereocenters.